The van der Waals surface area contributed by atoms with Gasteiger partial charge in [-0.05, 0) is 97.1 Å². The van der Waals surface area contributed by atoms with Gasteiger partial charge in [-0.3, -0.25) is 19.2 Å². The number of esters is 8. The number of benzene rings is 3. The fourth-order valence-electron chi connectivity index (χ4n) is 5.61. The van der Waals surface area contributed by atoms with Crippen molar-refractivity contribution in [2.45, 2.75) is 81.1 Å². The van der Waals surface area contributed by atoms with Crippen LogP contribution in [-0.4, -0.2) is 106 Å². The first-order valence-electron chi connectivity index (χ1n) is 25.5. The highest BCUT2D eigenvalue weighted by atomic mass is 16.6. The van der Waals surface area contributed by atoms with E-state index in [9.17, 15) is 43.2 Å². The summed E-state index contributed by atoms with van der Waals surface area (Å²) in [5, 5.41) is 8.19. The minimum atomic E-state index is -0.648. The topological polar surface area (TPSA) is 257 Å². The third-order valence-corrected chi connectivity index (χ3v) is 9.62. The molecule has 0 saturated heterocycles. The zero-order valence-corrected chi connectivity index (χ0v) is 47.1. The summed E-state index contributed by atoms with van der Waals surface area (Å²) in [5.41, 5.74) is 4.24. The average molecular weight is 1140 g/mol. The minimum Gasteiger partial charge on any atom is -0.497 e. The Morgan fingerprint density at radius 1 is 0.585 bits per heavy atom. The molecule has 0 aliphatic heterocycles. The average Bonchev–Trinajstić information content (AvgIpc) is 3.52. The Hall–Kier alpha value is -9.23. The highest BCUT2D eigenvalue weighted by Gasteiger charge is 2.14. The Morgan fingerprint density at radius 2 is 1.04 bits per heavy atom. The van der Waals surface area contributed by atoms with Crippen LogP contribution in [0.1, 0.15) is 103 Å². The van der Waals surface area contributed by atoms with Gasteiger partial charge in [0.1, 0.15) is 62.3 Å². The fourth-order valence-corrected chi connectivity index (χ4v) is 5.61. The Morgan fingerprint density at radius 3 is 1.51 bits per heavy atom. The Balaban J connectivity index is 0. The van der Waals surface area contributed by atoms with Gasteiger partial charge in [-0.15, -0.1) is 0 Å². The SMILES string of the molecule is C.C=C(C)C(=O)OCCO.C=CC(=O)OCCOC(=O)CCC(=O)OC(=C)/C=C\C(=C/CC)c1ccc(C(=O)Oc2ccc(OC)cc2)cc1.C=CC(=O)OCCOC(=O)CCC(=O)Oc1ccc(C(/C=C\C(C)C=O)=C/C)cc1.CC. The lowest BCUT2D eigenvalue weighted by Gasteiger charge is -2.08. The summed E-state index contributed by atoms with van der Waals surface area (Å²) in [6, 6.07) is 20.5. The van der Waals surface area contributed by atoms with Gasteiger partial charge in [-0.25, -0.2) is 19.2 Å². The number of carbonyl (C=O) groups is 9. The maximum Gasteiger partial charge on any atom is 0.343 e. The van der Waals surface area contributed by atoms with Crippen LogP contribution in [0.2, 0.25) is 0 Å². The molecule has 3 aromatic carbocycles. The Labute approximate surface area is 481 Å². The molecule has 3 rings (SSSR count). The first-order chi connectivity index (χ1) is 38.8. The molecule has 1 atom stereocenters. The lowest BCUT2D eigenvalue weighted by Crippen LogP contribution is -2.15. The maximum absolute atomic E-state index is 12.5. The summed E-state index contributed by atoms with van der Waals surface area (Å²) >= 11 is 0. The molecule has 1 unspecified atom stereocenters. The Bertz CT molecular complexity index is 2650. The first-order valence-corrected chi connectivity index (χ1v) is 25.5. The van der Waals surface area contributed by atoms with Crippen molar-refractivity contribution in [3.05, 3.63) is 176 Å². The minimum absolute atomic E-state index is 0. The van der Waals surface area contributed by atoms with Crippen LogP contribution in [-0.2, 0) is 66.8 Å². The van der Waals surface area contributed by atoms with Gasteiger partial charge in [0.05, 0.1) is 45.0 Å². The van der Waals surface area contributed by atoms with Crippen molar-refractivity contribution < 1.29 is 90.9 Å². The molecular formula is C63H78O19. The molecule has 0 saturated carbocycles. The molecule has 0 spiro atoms. The largest absolute Gasteiger partial charge is 0.497 e. The summed E-state index contributed by atoms with van der Waals surface area (Å²) < 4.78 is 44.4. The fraction of sp³-hybridized carbons (Fsp3) is 0.317. The van der Waals surface area contributed by atoms with Gasteiger partial charge in [0.2, 0.25) is 0 Å². The number of hydrogen-bond acceptors (Lipinski definition) is 19. The second-order valence-corrected chi connectivity index (χ2v) is 15.9. The van der Waals surface area contributed by atoms with E-state index in [0.29, 0.717) is 28.4 Å². The van der Waals surface area contributed by atoms with Gasteiger partial charge < -0.3 is 52.5 Å². The van der Waals surface area contributed by atoms with E-state index in [-0.39, 0.29) is 84.4 Å². The van der Waals surface area contributed by atoms with Crippen LogP contribution in [0.25, 0.3) is 11.1 Å². The van der Waals surface area contributed by atoms with Crippen molar-refractivity contribution in [2.24, 2.45) is 5.92 Å². The normalized spacial score (nSPS) is 10.8. The number of ether oxygens (including phenoxy) is 9. The van der Waals surface area contributed by atoms with E-state index in [2.05, 4.69) is 40.5 Å². The van der Waals surface area contributed by atoms with Crippen LogP contribution in [0, 0.1) is 5.92 Å². The summed E-state index contributed by atoms with van der Waals surface area (Å²) in [4.78, 5) is 103. The van der Waals surface area contributed by atoms with E-state index in [1.54, 1.807) is 106 Å². The van der Waals surface area contributed by atoms with Crippen LogP contribution in [0.3, 0.4) is 0 Å². The molecule has 0 fully saturated rings. The molecule has 3 aromatic rings. The number of hydrogen-bond donors (Lipinski definition) is 1. The zero-order valence-electron chi connectivity index (χ0n) is 47.1. The quantitative estimate of drug-likeness (QED) is 0.00951. The molecule has 0 amide bonds. The van der Waals surface area contributed by atoms with Gasteiger partial charge in [0, 0.05) is 23.6 Å². The van der Waals surface area contributed by atoms with Crippen molar-refractivity contribution in [2.75, 3.05) is 46.8 Å². The number of carbonyl (C=O) groups excluding carboxylic acids is 9. The summed E-state index contributed by atoms with van der Waals surface area (Å²) in [7, 11) is 1.56. The molecule has 19 nitrogen and oxygen atoms in total. The van der Waals surface area contributed by atoms with Crippen LogP contribution < -0.4 is 14.2 Å². The van der Waals surface area contributed by atoms with Gasteiger partial charge >= 0.3 is 47.8 Å². The van der Waals surface area contributed by atoms with Gasteiger partial charge in [-0.2, -0.15) is 0 Å². The Kier molecular flexibility index (Phi) is 41.6. The molecule has 1 N–H and O–H groups in total. The van der Waals surface area contributed by atoms with E-state index in [4.69, 9.17) is 33.5 Å². The third kappa shape index (κ3) is 34.6. The van der Waals surface area contributed by atoms with E-state index < -0.39 is 47.8 Å². The van der Waals surface area contributed by atoms with Crippen LogP contribution in [0.5, 0.6) is 17.2 Å². The van der Waals surface area contributed by atoms with Gasteiger partial charge in [0.15, 0.2) is 0 Å². The molecule has 0 heterocycles. The van der Waals surface area contributed by atoms with Crippen molar-refractivity contribution >= 4 is 65.2 Å². The van der Waals surface area contributed by atoms with Crippen LogP contribution in [0.4, 0.5) is 0 Å². The van der Waals surface area contributed by atoms with Crippen LogP contribution in [0.15, 0.2) is 159 Å². The number of methoxy groups -OCH3 is 1. The highest BCUT2D eigenvalue weighted by Crippen LogP contribution is 2.23. The van der Waals surface area contributed by atoms with Crippen molar-refractivity contribution in [1.29, 1.82) is 0 Å². The lowest BCUT2D eigenvalue weighted by atomic mass is 10.0. The second kappa shape index (κ2) is 45.6. The molecule has 19 heteroatoms. The molecule has 0 aliphatic rings. The van der Waals surface area contributed by atoms with Gasteiger partial charge in [0.25, 0.3) is 0 Å². The van der Waals surface area contributed by atoms with Crippen molar-refractivity contribution in [3.63, 3.8) is 0 Å². The van der Waals surface area contributed by atoms with Crippen molar-refractivity contribution in [3.8, 4) is 17.2 Å². The number of allylic oxidation sites excluding steroid dienone is 8. The molecular weight excluding hydrogens is 1060 g/mol. The standard InChI is InChI=1S/C31H32O9.C23H26O7.C6H10O3.C2H6.CH4/c1-5-7-23(9-8-22(3)39-30(34)19-18-29(33)38-21-20-37-28(32)6-2)24-10-12-25(13-11-24)31(35)40-27-16-14-26(36-4)15-17-27;1-4-18(7-6-17(3)16-24)19-8-10-20(11-9-19)30-23(27)13-12-22(26)29-15-14-28-21(25)5-2;1-5(2)6(8)9-4-3-7;1-2;/h6-17H,2-3,5,18-21H2,1,4H3;4-11,16-17H,2,12-15H2,1,3H3;7H,1,3-4H2,2H3;1-2H3;1H4/b9-8-,23-7+;7-6-,18-4+;;;. The van der Waals surface area contributed by atoms with E-state index >= 15 is 0 Å². The second-order valence-electron chi connectivity index (χ2n) is 15.9. The molecule has 0 radical (unpaired) electrons. The van der Waals surface area contributed by atoms with E-state index in [1.807, 2.05) is 45.9 Å². The number of aldehydes is 1. The summed E-state index contributed by atoms with van der Waals surface area (Å²) in [5.74, 6) is -3.26. The maximum atomic E-state index is 12.5. The third-order valence-electron chi connectivity index (χ3n) is 9.62. The van der Waals surface area contributed by atoms with E-state index in [1.165, 1.54) is 6.08 Å². The lowest BCUT2D eigenvalue weighted by molar-refractivity contribution is -0.151. The molecule has 0 aliphatic carbocycles. The first kappa shape index (κ1) is 74.8. The summed E-state index contributed by atoms with van der Waals surface area (Å²) in [6.45, 7) is 24.3. The predicted molar refractivity (Wildman–Crippen MR) is 311 cm³/mol. The smallest absolute Gasteiger partial charge is 0.343 e. The van der Waals surface area contributed by atoms with Gasteiger partial charge in [-0.1, -0.05) is 116 Å². The molecule has 0 aromatic heterocycles. The molecule has 82 heavy (non-hydrogen) atoms. The summed E-state index contributed by atoms with van der Waals surface area (Å²) in [6.07, 6.45) is 13.8. The molecule has 0 bridgehead atoms. The number of aliphatic hydroxyl groups is 1. The van der Waals surface area contributed by atoms with Crippen LogP contribution >= 0.6 is 0 Å². The van der Waals surface area contributed by atoms with Crippen molar-refractivity contribution in [1.82, 2.24) is 0 Å². The van der Waals surface area contributed by atoms with E-state index in [0.717, 1.165) is 47.1 Å². The predicted octanol–water partition coefficient (Wildman–Crippen LogP) is 10.6. The highest BCUT2D eigenvalue weighted by molar-refractivity contribution is 5.92. The zero-order chi connectivity index (χ0) is 61.0. The number of rotatable bonds is 30. The number of aliphatic hydroxyl groups excluding tert-OH is 1. The molecule has 444 valence electrons. The monoisotopic (exact) mass is 1140 g/mol.